The van der Waals surface area contributed by atoms with Gasteiger partial charge in [-0.3, -0.25) is 9.59 Å². The van der Waals surface area contributed by atoms with E-state index < -0.39 is 12.5 Å². The molecule has 1 aliphatic carbocycles. The molecule has 0 spiro atoms. The molecule has 4 aromatic rings. The second-order valence-corrected chi connectivity index (χ2v) is 15.4. The zero-order valence-corrected chi connectivity index (χ0v) is 30.7. The van der Waals surface area contributed by atoms with Gasteiger partial charge in [-0.2, -0.15) is 0 Å². The summed E-state index contributed by atoms with van der Waals surface area (Å²) in [4.78, 5) is 27.2. The molecule has 2 amide bonds. The largest absolute Gasteiger partial charge is 0.344 e. The third-order valence-electron chi connectivity index (χ3n) is 9.34. The van der Waals surface area contributed by atoms with Crippen LogP contribution in [0.1, 0.15) is 111 Å². The number of alkyl halides is 2. The van der Waals surface area contributed by atoms with E-state index in [0.717, 1.165) is 77.3 Å². The molecule has 0 bridgehead atoms. The number of anilines is 3. The average molecular weight is 724 g/mol. The number of benzene rings is 2. The van der Waals surface area contributed by atoms with E-state index in [-0.39, 0.29) is 36.5 Å². The van der Waals surface area contributed by atoms with Crippen molar-refractivity contribution in [1.82, 2.24) is 20.4 Å². The third kappa shape index (κ3) is 10.8. The van der Waals surface area contributed by atoms with E-state index in [2.05, 4.69) is 31.0 Å². The van der Waals surface area contributed by atoms with Crippen molar-refractivity contribution in [1.29, 1.82) is 0 Å². The molecule has 1 saturated carbocycles. The topological polar surface area (TPSA) is 113 Å². The van der Waals surface area contributed by atoms with Crippen LogP contribution in [0.4, 0.5) is 24.7 Å². The first-order valence-electron chi connectivity index (χ1n) is 17.6. The number of aromatic nitrogens is 4. The van der Waals surface area contributed by atoms with Crippen molar-refractivity contribution in [2.24, 2.45) is 0 Å². The van der Waals surface area contributed by atoms with Gasteiger partial charge in [0.25, 0.3) is 0 Å². The molecule has 50 heavy (non-hydrogen) atoms. The van der Waals surface area contributed by atoms with E-state index in [0.29, 0.717) is 29.6 Å². The molecule has 5 rings (SSSR count). The number of carbonyl (C=O) groups is 2. The van der Waals surface area contributed by atoms with E-state index >= 15 is 0 Å². The Hall–Kier alpha value is -3.84. The van der Waals surface area contributed by atoms with Gasteiger partial charge in [0, 0.05) is 24.1 Å². The summed E-state index contributed by atoms with van der Waals surface area (Å²) in [6.07, 6.45) is 7.77. The minimum atomic E-state index is -1.11. The van der Waals surface area contributed by atoms with Gasteiger partial charge >= 0.3 is 0 Å². The maximum Gasteiger partial charge on any atom is 0.230 e. The van der Waals surface area contributed by atoms with Crippen LogP contribution in [0.25, 0.3) is 0 Å². The maximum atomic E-state index is 14.2. The lowest BCUT2D eigenvalue weighted by Gasteiger charge is -2.25. The van der Waals surface area contributed by atoms with Gasteiger partial charge in [0.05, 0.1) is 12.8 Å². The van der Waals surface area contributed by atoms with Crippen LogP contribution in [0.2, 0.25) is 0 Å². The number of hydrogen-bond donors (Lipinski definition) is 2. The van der Waals surface area contributed by atoms with Crippen molar-refractivity contribution < 1.29 is 18.4 Å². The average Bonchev–Trinajstić information content (AvgIpc) is 3.78. The highest BCUT2D eigenvalue weighted by Gasteiger charge is 2.29. The molecular formula is C37H47F2N7O2S2. The summed E-state index contributed by atoms with van der Waals surface area (Å²) in [5, 5.41) is 25.9. The van der Waals surface area contributed by atoms with Crippen molar-refractivity contribution in [3.63, 3.8) is 0 Å². The fourth-order valence-electron chi connectivity index (χ4n) is 6.25. The molecule has 0 radical (unpaired) electrons. The molecule has 9 nitrogen and oxygen atoms in total. The Kier molecular flexibility index (Phi) is 13.4. The van der Waals surface area contributed by atoms with Gasteiger partial charge < -0.3 is 15.5 Å². The van der Waals surface area contributed by atoms with Crippen LogP contribution in [0.5, 0.6) is 0 Å². The minimum absolute atomic E-state index is 0.144. The fourth-order valence-corrected chi connectivity index (χ4v) is 8.06. The predicted octanol–water partition coefficient (Wildman–Crippen LogP) is 8.80. The first kappa shape index (κ1) is 37.4. The quantitative estimate of drug-likeness (QED) is 0.105. The van der Waals surface area contributed by atoms with Gasteiger partial charge in [0.15, 0.2) is 6.80 Å². The summed E-state index contributed by atoms with van der Waals surface area (Å²) in [7, 11) is 0. The SMILES string of the molecule is CCCN(CF)c1ccc(CC(=O)Nc2nnc(C3CCCC(c4nnc(NC(=O)Cc5ccc(CCCC(C)(F)CC)cc5)s4)C3)s2)cc1. The van der Waals surface area contributed by atoms with Crippen LogP contribution in [0.3, 0.4) is 0 Å². The smallest absolute Gasteiger partial charge is 0.230 e. The number of halogens is 2. The first-order chi connectivity index (χ1) is 24.1. The van der Waals surface area contributed by atoms with E-state index in [1.54, 1.807) is 11.8 Å². The summed E-state index contributed by atoms with van der Waals surface area (Å²) < 4.78 is 27.5. The van der Waals surface area contributed by atoms with Crippen molar-refractivity contribution >= 4 is 50.4 Å². The number of aryl methyl sites for hydroxylation is 1. The standard InChI is InChI=1S/C37H47F2N7O2S2/c1-4-20-46(24-38)30-17-15-27(16-18-30)22-32(48)41-36-45-43-34(50-36)29-10-6-9-28(23-29)33-42-44-35(49-33)40-31(47)21-26-13-11-25(12-14-26)8-7-19-37(3,39)5-2/h11-18,28-29H,4-10,19-24H2,1-3H3,(H,40,44,47)(H,41,45,48). The zero-order valence-electron chi connectivity index (χ0n) is 29.1. The van der Waals surface area contributed by atoms with Gasteiger partial charge in [-0.15, -0.1) is 20.4 Å². The predicted molar refractivity (Wildman–Crippen MR) is 198 cm³/mol. The van der Waals surface area contributed by atoms with E-state index in [1.807, 2.05) is 62.4 Å². The van der Waals surface area contributed by atoms with Crippen LogP contribution < -0.4 is 15.5 Å². The Bertz CT molecular complexity index is 1680. The Morgan fingerprint density at radius 1 is 0.840 bits per heavy atom. The minimum Gasteiger partial charge on any atom is -0.344 e. The molecule has 1 fully saturated rings. The van der Waals surface area contributed by atoms with Gasteiger partial charge in [-0.25, -0.2) is 8.78 Å². The second kappa shape index (κ2) is 17.9. The molecule has 1 aliphatic rings. The molecule has 2 aromatic carbocycles. The number of amides is 2. The van der Waals surface area contributed by atoms with E-state index in [9.17, 15) is 18.4 Å². The van der Waals surface area contributed by atoms with Crippen molar-refractivity contribution in [3.05, 3.63) is 75.2 Å². The van der Waals surface area contributed by atoms with Gasteiger partial charge in [0.1, 0.15) is 15.7 Å². The molecule has 0 saturated heterocycles. The third-order valence-corrected chi connectivity index (χ3v) is 11.3. The Morgan fingerprint density at radius 2 is 1.36 bits per heavy atom. The van der Waals surface area contributed by atoms with Crippen LogP contribution in [0.15, 0.2) is 48.5 Å². The normalized spacial score (nSPS) is 17.2. The molecule has 3 unspecified atom stereocenters. The lowest BCUT2D eigenvalue weighted by Crippen LogP contribution is -2.22. The Balaban J connectivity index is 1.07. The van der Waals surface area contributed by atoms with Crippen LogP contribution in [-0.4, -0.2) is 51.2 Å². The summed E-state index contributed by atoms with van der Waals surface area (Å²) >= 11 is 2.82. The summed E-state index contributed by atoms with van der Waals surface area (Å²) in [5.74, 6) is 0.0775. The molecule has 3 atom stereocenters. The van der Waals surface area contributed by atoms with Crippen LogP contribution in [0, 0.1) is 0 Å². The first-order valence-corrected chi connectivity index (χ1v) is 19.2. The monoisotopic (exact) mass is 723 g/mol. The molecule has 2 heterocycles. The highest BCUT2D eigenvalue weighted by atomic mass is 32.1. The van der Waals surface area contributed by atoms with Gasteiger partial charge in [-0.1, -0.05) is 79.3 Å². The molecule has 2 aromatic heterocycles. The van der Waals surface area contributed by atoms with E-state index in [4.69, 9.17) is 0 Å². The van der Waals surface area contributed by atoms with Crippen LogP contribution >= 0.6 is 22.7 Å². The number of nitrogens with zero attached hydrogens (tertiary/aromatic N) is 5. The molecule has 2 N–H and O–H groups in total. The van der Waals surface area contributed by atoms with Gasteiger partial charge in [0.2, 0.25) is 22.1 Å². The van der Waals surface area contributed by atoms with E-state index in [1.165, 1.54) is 22.7 Å². The second-order valence-electron chi connectivity index (χ2n) is 13.4. The lowest BCUT2D eigenvalue weighted by atomic mass is 9.82. The zero-order chi connectivity index (χ0) is 35.5. The summed E-state index contributed by atoms with van der Waals surface area (Å²) in [5.41, 5.74) is 2.57. The molecule has 268 valence electrons. The maximum absolute atomic E-state index is 14.2. The summed E-state index contributed by atoms with van der Waals surface area (Å²) in [6, 6.07) is 15.3. The summed E-state index contributed by atoms with van der Waals surface area (Å²) in [6.45, 7) is 5.63. The van der Waals surface area contributed by atoms with Crippen molar-refractivity contribution in [3.8, 4) is 0 Å². The lowest BCUT2D eigenvalue weighted by molar-refractivity contribution is -0.116. The number of nitrogens with one attached hydrogen (secondary N) is 2. The molecular weight excluding hydrogens is 677 g/mol. The highest BCUT2D eigenvalue weighted by molar-refractivity contribution is 7.15. The Labute approximate surface area is 301 Å². The molecule has 13 heteroatoms. The molecule has 0 aliphatic heterocycles. The van der Waals surface area contributed by atoms with Crippen molar-refractivity contribution in [2.45, 2.75) is 109 Å². The van der Waals surface area contributed by atoms with Crippen molar-refractivity contribution in [2.75, 3.05) is 28.9 Å². The number of rotatable bonds is 17. The highest BCUT2D eigenvalue weighted by Crippen LogP contribution is 2.43. The number of carbonyl (C=O) groups excluding carboxylic acids is 2. The van der Waals surface area contributed by atoms with Crippen LogP contribution in [-0.2, 0) is 28.9 Å². The Morgan fingerprint density at radius 3 is 1.86 bits per heavy atom. The van der Waals surface area contributed by atoms with Gasteiger partial charge in [-0.05, 0) is 87.1 Å². The fraction of sp³-hybridized carbons (Fsp3) is 0.514. The number of hydrogen-bond acceptors (Lipinski definition) is 9.